The molecule has 0 aliphatic carbocycles. The van der Waals surface area contributed by atoms with Crippen LogP contribution >= 0.6 is 27.5 Å². The average molecular weight is 341 g/mol. The monoisotopic (exact) mass is 339 g/mol. The summed E-state index contributed by atoms with van der Waals surface area (Å²) in [5, 5.41) is 3.12. The number of nitrogens with zero attached hydrogens (tertiary/aromatic N) is 1. The van der Waals surface area contributed by atoms with Crippen molar-refractivity contribution in [3.8, 4) is 0 Å². The molecule has 0 atom stereocenters. The van der Waals surface area contributed by atoms with E-state index in [0.29, 0.717) is 26.6 Å². The second-order valence-corrected chi connectivity index (χ2v) is 5.14. The largest absolute Gasteiger partial charge is 0.397 e. The Bertz CT molecular complexity index is 646. The normalized spacial score (nSPS) is 10.3. The van der Waals surface area contributed by atoms with E-state index < -0.39 is 0 Å². The van der Waals surface area contributed by atoms with Gasteiger partial charge in [-0.25, -0.2) is 4.98 Å². The standard InChI is InChI=1S/C13H11BrClN3O/c1-7-10(5-6-11(14)17-7)18-13(19)8-3-2-4-9(15)12(8)16/h2-6H,16H2,1H3,(H,18,19). The lowest BCUT2D eigenvalue weighted by atomic mass is 10.1. The highest BCUT2D eigenvalue weighted by Gasteiger charge is 2.13. The minimum absolute atomic E-state index is 0.268. The predicted molar refractivity (Wildman–Crippen MR) is 80.5 cm³/mol. The molecule has 2 rings (SSSR count). The molecule has 0 bridgehead atoms. The molecule has 2 aromatic rings. The Balaban J connectivity index is 2.28. The number of anilines is 2. The fraction of sp³-hybridized carbons (Fsp3) is 0.0769. The van der Waals surface area contributed by atoms with Gasteiger partial charge in [0.15, 0.2) is 0 Å². The second-order valence-electron chi connectivity index (χ2n) is 3.92. The highest BCUT2D eigenvalue weighted by Crippen LogP contribution is 2.24. The number of aromatic nitrogens is 1. The number of hydrogen-bond acceptors (Lipinski definition) is 3. The third kappa shape index (κ3) is 3.05. The summed E-state index contributed by atoms with van der Waals surface area (Å²) in [6.45, 7) is 1.81. The number of aryl methyl sites for hydroxylation is 1. The number of nitrogen functional groups attached to an aromatic ring is 1. The van der Waals surface area contributed by atoms with Crippen LogP contribution < -0.4 is 11.1 Å². The van der Waals surface area contributed by atoms with Gasteiger partial charge in [0.2, 0.25) is 0 Å². The van der Waals surface area contributed by atoms with Crippen molar-refractivity contribution < 1.29 is 4.79 Å². The molecule has 19 heavy (non-hydrogen) atoms. The molecule has 0 aliphatic heterocycles. The van der Waals surface area contributed by atoms with E-state index in [1.54, 1.807) is 30.3 Å². The molecule has 1 aromatic heterocycles. The first-order valence-electron chi connectivity index (χ1n) is 5.47. The number of nitrogens with one attached hydrogen (secondary N) is 1. The van der Waals surface area contributed by atoms with Gasteiger partial charge < -0.3 is 11.1 Å². The molecule has 0 spiro atoms. The molecule has 3 N–H and O–H groups in total. The van der Waals surface area contributed by atoms with E-state index in [4.69, 9.17) is 17.3 Å². The van der Waals surface area contributed by atoms with Crippen molar-refractivity contribution in [3.63, 3.8) is 0 Å². The molecule has 1 heterocycles. The zero-order chi connectivity index (χ0) is 14.0. The van der Waals surface area contributed by atoms with E-state index in [9.17, 15) is 4.79 Å². The highest BCUT2D eigenvalue weighted by atomic mass is 79.9. The van der Waals surface area contributed by atoms with Crippen molar-refractivity contribution >= 4 is 44.8 Å². The quantitative estimate of drug-likeness (QED) is 0.648. The van der Waals surface area contributed by atoms with E-state index in [-0.39, 0.29) is 11.6 Å². The number of carbonyl (C=O) groups is 1. The smallest absolute Gasteiger partial charge is 0.257 e. The van der Waals surface area contributed by atoms with Crippen LogP contribution in [-0.4, -0.2) is 10.9 Å². The molecule has 0 saturated heterocycles. The van der Waals surface area contributed by atoms with Crippen LogP contribution in [0.2, 0.25) is 5.02 Å². The lowest BCUT2D eigenvalue weighted by Crippen LogP contribution is -2.15. The fourth-order valence-corrected chi connectivity index (χ4v) is 2.16. The van der Waals surface area contributed by atoms with Crippen molar-refractivity contribution in [3.05, 3.63) is 51.2 Å². The van der Waals surface area contributed by atoms with Crippen LogP contribution in [0.15, 0.2) is 34.9 Å². The zero-order valence-corrected chi connectivity index (χ0v) is 12.4. The van der Waals surface area contributed by atoms with Crippen LogP contribution in [0, 0.1) is 6.92 Å². The Hall–Kier alpha value is -1.59. The van der Waals surface area contributed by atoms with Crippen LogP contribution in [-0.2, 0) is 0 Å². The van der Waals surface area contributed by atoms with Crippen molar-refractivity contribution in [1.29, 1.82) is 0 Å². The average Bonchev–Trinajstić information content (AvgIpc) is 2.36. The summed E-state index contributed by atoms with van der Waals surface area (Å²) in [5.41, 5.74) is 7.74. The molecule has 98 valence electrons. The number of pyridine rings is 1. The fourth-order valence-electron chi connectivity index (χ4n) is 1.59. The summed E-state index contributed by atoms with van der Waals surface area (Å²) in [6, 6.07) is 8.47. The van der Waals surface area contributed by atoms with Crippen LogP contribution in [0.1, 0.15) is 16.1 Å². The Morgan fingerprint density at radius 1 is 1.37 bits per heavy atom. The molecule has 4 nitrogen and oxygen atoms in total. The number of halogens is 2. The van der Waals surface area contributed by atoms with Gasteiger partial charge in [-0.1, -0.05) is 17.7 Å². The van der Waals surface area contributed by atoms with Crippen LogP contribution in [0.5, 0.6) is 0 Å². The Morgan fingerprint density at radius 2 is 2.11 bits per heavy atom. The number of rotatable bonds is 2. The lowest BCUT2D eigenvalue weighted by molar-refractivity contribution is 0.102. The molecule has 0 fully saturated rings. The highest BCUT2D eigenvalue weighted by molar-refractivity contribution is 9.10. The molecule has 6 heteroatoms. The molecule has 0 unspecified atom stereocenters. The molecular weight excluding hydrogens is 330 g/mol. The minimum atomic E-state index is -0.313. The van der Waals surface area contributed by atoms with E-state index in [1.807, 2.05) is 6.92 Å². The van der Waals surface area contributed by atoms with E-state index in [0.717, 1.165) is 0 Å². The molecule has 1 amide bonds. The third-order valence-electron chi connectivity index (χ3n) is 2.60. The Morgan fingerprint density at radius 3 is 2.79 bits per heavy atom. The number of nitrogens with two attached hydrogens (primary N) is 1. The maximum absolute atomic E-state index is 12.1. The van der Waals surface area contributed by atoms with Gasteiger partial charge in [-0.2, -0.15) is 0 Å². The van der Waals surface area contributed by atoms with Crippen LogP contribution in [0.25, 0.3) is 0 Å². The first-order valence-corrected chi connectivity index (χ1v) is 6.64. The topological polar surface area (TPSA) is 68.0 Å². The van der Waals surface area contributed by atoms with Crippen molar-refractivity contribution in [2.24, 2.45) is 0 Å². The molecule has 0 saturated carbocycles. The van der Waals surface area contributed by atoms with Crippen molar-refractivity contribution in [2.75, 3.05) is 11.1 Å². The maximum atomic E-state index is 12.1. The summed E-state index contributed by atoms with van der Waals surface area (Å²) in [6.07, 6.45) is 0. The van der Waals surface area contributed by atoms with E-state index in [1.165, 1.54) is 0 Å². The van der Waals surface area contributed by atoms with Crippen molar-refractivity contribution in [2.45, 2.75) is 6.92 Å². The van der Waals surface area contributed by atoms with Gasteiger partial charge in [0, 0.05) is 0 Å². The van der Waals surface area contributed by atoms with Gasteiger partial charge >= 0.3 is 0 Å². The first-order chi connectivity index (χ1) is 8.99. The molecule has 0 aliphatic rings. The minimum Gasteiger partial charge on any atom is -0.397 e. The van der Waals surface area contributed by atoms with Gasteiger partial charge in [-0.05, 0) is 47.1 Å². The number of benzene rings is 1. The van der Waals surface area contributed by atoms with Gasteiger partial charge in [-0.3, -0.25) is 4.79 Å². The Labute approximate surface area is 124 Å². The van der Waals surface area contributed by atoms with Gasteiger partial charge in [0.25, 0.3) is 5.91 Å². The van der Waals surface area contributed by atoms with E-state index in [2.05, 4.69) is 26.2 Å². The number of amides is 1. The zero-order valence-electron chi connectivity index (χ0n) is 10.1. The van der Waals surface area contributed by atoms with Gasteiger partial charge in [-0.15, -0.1) is 0 Å². The summed E-state index contributed by atoms with van der Waals surface area (Å²) in [5.74, 6) is -0.313. The summed E-state index contributed by atoms with van der Waals surface area (Å²) in [4.78, 5) is 16.3. The lowest BCUT2D eigenvalue weighted by Gasteiger charge is -2.10. The molecule has 1 aromatic carbocycles. The van der Waals surface area contributed by atoms with Gasteiger partial charge in [0.1, 0.15) is 4.60 Å². The summed E-state index contributed by atoms with van der Waals surface area (Å²) in [7, 11) is 0. The Kier molecular flexibility index (Phi) is 4.07. The van der Waals surface area contributed by atoms with Crippen LogP contribution in [0.3, 0.4) is 0 Å². The van der Waals surface area contributed by atoms with E-state index >= 15 is 0 Å². The van der Waals surface area contributed by atoms with Crippen molar-refractivity contribution in [1.82, 2.24) is 4.98 Å². The molecular formula is C13H11BrClN3O. The SMILES string of the molecule is Cc1nc(Br)ccc1NC(=O)c1cccc(Cl)c1N. The predicted octanol–water partition coefficient (Wildman–Crippen LogP) is 3.64. The number of carbonyl (C=O) groups excluding carboxylic acids is 1. The second kappa shape index (κ2) is 5.59. The third-order valence-corrected chi connectivity index (χ3v) is 3.37. The number of hydrogen-bond donors (Lipinski definition) is 2. The molecule has 0 radical (unpaired) electrons. The van der Waals surface area contributed by atoms with Crippen LogP contribution in [0.4, 0.5) is 11.4 Å². The maximum Gasteiger partial charge on any atom is 0.257 e. The van der Waals surface area contributed by atoms with Gasteiger partial charge in [0.05, 0.1) is 27.7 Å². The summed E-state index contributed by atoms with van der Waals surface area (Å²) < 4.78 is 0.713. The number of para-hydroxylation sites is 1. The first kappa shape index (κ1) is 13.8. The summed E-state index contributed by atoms with van der Waals surface area (Å²) >= 11 is 9.16.